The quantitative estimate of drug-likeness (QED) is 0.122. The molecule has 394 valence electrons. The predicted octanol–water partition coefficient (Wildman–Crippen LogP) is 16.8. The molecule has 0 bridgehead atoms. The van der Waals surface area contributed by atoms with E-state index in [-0.39, 0.29) is 17.5 Å². The normalized spacial score (nSPS) is 12.9. The molecule has 0 saturated carbocycles. The van der Waals surface area contributed by atoms with Crippen molar-refractivity contribution < 1.29 is 0 Å². The van der Waals surface area contributed by atoms with E-state index >= 15 is 0 Å². The Balaban J connectivity index is 1.10. The number of pyridine rings is 2. The zero-order chi connectivity index (χ0) is 55.9. The van der Waals surface area contributed by atoms with Crippen LogP contribution < -0.4 is 21.3 Å². The molecule has 0 fully saturated rings. The van der Waals surface area contributed by atoms with E-state index in [2.05, 4.69) is 243 Å². The first-order chi connectivity index (χ1) is 40.4. The number of aromatic nitrogens is 6. The van der Waals surface area contributed by atoms with Crippen LogP contribution in [0.15, 0.2) is 231 Å². The lowest BCUT2D eigenvalue weighted by molar-refractivity contribution is 0.590. The highest BCUT2D eigenvalue weighted by Crippen LogP contribution is 2.49. The second kappa shape index (κ2) is 18.2. The second-order valence-corrected chi connectivity index (χ2v) is 24.5. The summed E-state index contributed by atoms with van der Waals surface area (Å²) in [6.07, 6.45) is 7.20. The van der Waals surface area contributed by atoms with Gasteiger partial charge in [0.15, 0.2) is 17.5 Å². The van der Waals surface area contributed by atoms with Gasteiger partial charge in [-0.25, -0.2) is 15.0 Å². The largest absolute Gasteiger partial charge is 0.311 e. The molecule has 10 aromatic carbocycles. The Kier molecular flexibility index (Phi) is 10.7. The number of hydrogen-bond donors (Lipinski definition) is 0. The van der Waals surface area contributed by atoms with E-state index in [1.807, 2.05) is 36.7 Å². The SMILES string of the molecule is CC(C)(C)c1ccc(N2c3ccc(C(C)(C)C)cc3B3c4c2cc(-c2nc(-c5cccnc5)nc(-c5cccnc5)n2)cc4-n2c4ccc5c6ccccc6c6ccccc6c5c4c4cc(-c5ccccc5-c5ccccc5)cc3c42)cc1. The fourth-order valence-corrected chi connectivity index (χ4v) is 13.5. The Morgan fingerprint density at radius 1 is 0.373 bits per heavy atom. The molecule has 0 radical (unpaired) electrons. The smallest absolute Gasteiger partial charge is 0.252 e. The lowest BCUT2D eigenvalue weighted by Gasteiger charge is -2.41. The van der Waals surface area contributed by atoms with Crippen molar-refractivity contribution in [2.75, 3.05) is 4.90 Å². The van der Waals surface area contributed by atoms with Gasteiger partial charge in [-0.3, -0.25) is 9.97 Å². The summed E-state index contributed by atoms with van der Waals surface area (Å²) >= 11 is 0. The van der Waals surface area contributed by atoms with Crippen molar-refractivity contribution in [3.05, 3.63) is 242 Å². The van der Waals surface area contributed by atoms with Crippen molar-refractivity contribution in [2.24, 2.45) is 0 Å². The number of rotatable bonds is 6. The predicted molar refractivity (Wildman–Crippen MR) is 346 cm³/mol. The molecule has 8 heteroatoms. The number of hydrogen-bond acceptors (Lipinski definition) is 6. The average Bonchev–Trinajstić information content (AvgIpc) is 1.92. The molecule has 0 N–H and O–H groups in total. The van der Waals surface area contributed by atoms with Crippen molar-refractivity contribution in [2.45, 2.75) is 52.4 Å². The third-order valence-corrected chi connectivity index (χ3v) is 17.5. The van der Waals surface area contributed by atoms with Crippen LogP contribution in [0.1, 0.15) is 52.7 Å². The fraction of sp³-hybridized carbons (Fsp3) is 0.107. The maximum atomic E-state index is 5.40. The van der Waals surface area contributed by atoms with E-state index in [9.17, 15) is 0 Å². The molecule has 0 spiro atoms. The van der Waals surface area contributed by atoms with Crippen LogP contribution >= 0.6 is 0 Å². The molecule has 14 aromatic rings. The van der Waals surface area contributed by atoms with Gasteiger partial charge in [-0.05, 0) is 154 Å². The van der Waals surface area contributed by atoms with Gasteiger partial charge in [-0.2, -0.15) is 0 Å². The Labute approximate surface area is 482 Å². The lowest BCUT2D eigenvalue weighted by Crippen LogP contribution is -2.60. The average molecular weight is 1070 g/mol. The highest BCUT2D eigenvalue weighted by molar-refractivity contribution is 7.00. The number of benzene rings is 10. The van der Waals surface area contributed by atoms with Gasteiger partial charge in [-0.1, -0.05) is 181 Å². The van der Waals surface area contributed by atoms with Gasteiger partial charge >= 0.3 is 0 Å². The number of fused-ring (bicyclic) bond motifs is 14. The zero-order valence-electron chi connectivity index (χ0n) is 47.1. The molecule has 4 aromatic heterocycles. The third-order valence-electron chi connectivity index (χ3n) is 17.5. The van der Waals surface area contributed by atoms with Crippen molar-refractivity contribution in [1.29, 1.82) is 0 Å². The van der Waals surface area contributed by atoms with Gasteiger partial charge in [0.2, 0.25) is 0 Å². The van der Waals surface area contributed by atoms with Crippen LogP contribution in [0.2, 0.25) is 0 Å². The molecule has 83 heavy (non-hydrogen) atoms. The molecule has 0 atom stereocenters. The highest BCUT2D eigenvalue weighted by Gasteiger charge is 2.44. The molecule has 0 unspecified atom stereocenters. The van der Waals surface area contributed by atoms with Crippen LogP contribution in [-0.4, -0.2) is 36.2 Å². The maximum absolute atomic E-state index is 5.40. The molecular weight excluding hydrogens is 1010 g/mol. The summed E-state index contributed by atoms with van der Waals surface area (Å²) < 4.78 is 2.60. The van der Waals surface area contributed by atoms with Crippen LogP contribution in [0.3, 0.4) is 0 Å². The summed E-state index contributed by atoms with van der Waals surface area (Å²) in [5.41, 5.74) is 20.1. The minimum atomic E-state index is -0.182. The molecule has 7 nitrogen and oxygen atoms in total. The first-order valence-electron chi connectivity index (χ1n) is 28.7. The number of anilines is 3. The molecular formula is C75H56BN7. The van der Waals surface area contributed by atoms with Gasteiger partial charge in [0.05, 0.1) is 5.52 Å². The molecule has 0 saturated heterocycles. The van der Waals surface area contributed by atoms with Gasteiger partial charge in [0.1, 0.15) is 0 Å². The fourth-order valence-electron chi connectivity index (χ4n) is 13.5. The first-order valence-corrected chi connectivity index (χ1v) is 28.7. The Hall–Kier alpha value is -10.0. The van der Waals surface area contributed by atoms with E-state index in [0.29, 0.717) is 17.5 Å². The third kappa shape index (κ3) is 7.62. The molecule has 0 amide bonds. The standard InChI is InChI=1S/C75H56BN7/c1-74(2,3)50-28-31-52(32-29-50)82-63-34-30-51(75(4,5)6)42-61(63)76-62-39-48(54-23-11-10-22-53(54)45-18-8-7-9-19-45)38-60-68-64(35-33-59-57-26-13-12-24-55(57)56-25-14-15-27-58(56)67(59)68)83(70(60)62)66-41-49(40-65(82)69(66)76)73-80-71(46-20-16-36-77-43-46)79-72(81-73)47-21-17-37-78-44-47/h7-44H,1-6H3. The maximum Gasteiger partial charge on any atom is 0.252 e. The van der Waals surface area contributed by atoms with Crippen molar-refractivity contribution in [3.63, 3.8) is 0 Å². The van der Waals surface area contributed by atoms with Crippen molar-refractivity contribution >= 4 is 94.3 Å². The van der Waals surface area contributed by atoms with Gasteiger partial charge in [0, 0.05) is 85.9 Å². The van der Waals surface area contributed by atoms with E-state index in [1.54, 1.807) is 12.4 Å². The molecule has 2 aliphatic heterocycles. The highest BCUT2D eigenvalue weighted by atomic mass is 15.2. The number of nitrogens with zero attached hydrogens (tertiary/aromatic N) is 7. The minimum Gasteiger partial charge on any atom is -0.311 e. The Morgan fingerprint density at radius 3 is 1.54 bits per heavy atom. The summed E-state index contributed by atoms with van der Waals surface area (Å²) in [4.78, 5) is 27.5. The monoisotopic (exact) mass is 1070 g/mol. The van der Waals surface area contributed by atoms with E-state index < -0.39 is 0 Å². The minimum absolute atomic E-state index is 0.0377. The second-order valence-electron chi connectivity index (χ2n) is 24.5. The Bertz CT molecular complexity index is 4890. The van der Waals surface area contributed by atoms with Crippen LogP contribution in [-0.2, 0) is 10.8 Å². The Morgan fingerprint density at radius 2 is 0.916 bits per heavy atom. The summed E-state index contributed by atoms with van der Waals surface area (Å²) in [5.74, 6) is 1.63. The molecule has 0 aliphatic carbocycles. The van der Waals surface area contributed by atoms with E-state index in [4.69, 9.17) is 15.0 Å². The summed E-state index contributed by atoms with van der Waals surface area (Å²) in [6, 6.07) is 76.6. The summed E-state index contributed by atoms with van der Waals surface area (Å²) in [7, 11) is 0. The zero-order valence-corrected chi connectivity index (χ0v) is 47.1. The van der Waals surface area contributed by atoms with Gasteiger partial charge < -0.3 is 9.47 Å². The molecule has 6 heterocycles. The topological polar surface area (TPSA) is 72.6 Å². The molecule has 2 aliphatic rings. The first kappa shape index (κ1) is 48.8. The van der Waals surface area contributed by atoms with E-state index in [1.165, 1.54) is 98.4 Å². The van der Waals surface area contributed by atoms with Crippen molar-refractivity contribution in [3.8, 4) is 62.1 Å². The van der Waals surface area contributed by atoms with Crippen LogP contribution in [0.4, 0.5) is 17.1 Å². The van der Waals surface area contributed by atoms with Gasteiger partial charge in [-0.15, -0.1) is 0 Å². The summed E-state index contributed by atoms with van der Waals surface area (Å²) in [6.45, 7) is 13.7. The van der Waals surface area contributed by atoms with Crippen LogP contribution in [0.25, 0.3) is 116 Å². The lowest BCUT2D eigenvalue weighted by atomic mass is 9.33. The van der Waals surface area contributed by atoms with Gasteiger partial charge in [0.25, 0.3) is 6.71 Å². The van der Waals surface area contributed by atoms with Crippen molar-refractivity contribution in [1.82, 2.24) is 29.5 Å². The van der Waals surface area contributed by atoms with Crippen LogP contribution in [0, 0.1) is 0 Å². The summed E-state index contributed by atoms with van der Waals surface area (Å²) in [5, 5.41) is 9.90. The van der Waals surface area contributed by atoms with Crippen LogP contribution in [0.5, 0.6) is 0 Å². The molecule has 16 rings (SSSR count). The van der Waals surface area contributed by atoms with E-state index in [0.717, 1.165) is 45.0 Å².